The molecule has 1 unspecified atom stereocenters. The highest BCUT2D eigenvalue weighted by atomic mass is 19.1. The molecule has 0 radical (unpaired) electrons. The summed E-state index contributed by atoms with van der Waals surface area (Å²) in [5, 5.41) is 10.8. The first-order chi connectivity index (χ1) is 12.1. The number of aromatic nitrogens is 1. The molecule has 1 aliphatic heterocycles. The number of carbonyl (C=O) groups is 1. The fourth-order valence-corrected chi connectivity index (χ4v) is 3.49. The average molecular weight is 342 g/mol. The van der Waals surface area contributed by atoms with E-state index in [2.05, 4.69) is 4.98 Å². The van der Waals surface area contributed by atoms with Gasteiger partial charge in [0.05, 0.1) is 24.8 Å². The van der Waals surface area contributed by atoms with Crippen LogP contribution in [0.5, 0.6) is 0 Å². The fraction of sp³-hybridized carbons (Fsp3) is 0.211. The normalized spacial score (nSPS) is 16.9. The molecule has 0 spiro atoms. The molecular formula is C19H16F2N2O2. The Kier molecular flexibility index (Phi) is 3.77. The molecule has 0 fully saturated rings. The van der Waals surface area contributed by atoms with Gasteiger partial charge in [0.25, 0.3) is 5.91 Å². The maximum atomic E-state index is 14.0. The Morgan fingerprint density at radius 1 is 1.24 bits per heavy atom. The summed E-state index contributed by atoms with van der Waals surface area (Å²) in [6.07, 6.45) is 0.477. The number of benzene rings is 2. The largest absolute Gasteiger partial charge is 0.394 e. The summed E-state index contributed by atoms with van der Waals surface area (Å²) >= 11 is 0. The highest BCUT2D eigenvalue weighted by Crippen LogP contribution is 2.31. The van der Waals surface area contributed by atoms with Gasteiger partial charge >= 0.3 is 0 Å². The van der Waals surface area contributed by atoms with Crippen molar-refractivity contribution in [1.82, 2.24) is 9.88 Å². The van der Waals surface area contributed by atoms with Crippen LogP contribution in [0, 0.1) is 11.6 Å². The molecule has 0 saturated carbocycles. The van der Waals surface area contributed by atoms with Crippen molar-refractivity contribution in [1.29, 1.82) is 0 Å². The minimum Gasteiger partial charge on any atom is -0.394 e. The van der Waals surface area contributed by atoms with E-state index in [1.54, 1.807) is 0 Å². The topological polar surface area (TPSA) is 56.3 Å². The molecule has 25 heavy (non-hydrogen) atoms. The van der Waals surface area contributed by atoms with Crippen molar-refractivity contribution >= 4 is 16.8 Å². The van der Waals surface area contributed by atoms with Crippen LogP contribution in [-0.2, 0) is 13.0 Å². The molecular weight excluding hydrogens is 326 g/mol. The average Bonchev–Trinajstić information content (AvgIpc) is 2.97. The molecule has 0 bridgehead atoms. The molecule has 1 atom stereocenters. The van der Waals surface area contributed by atoms with E-state index in [4.69, 9.17) is 0 Å². The summed E-state index contributed by atoms with van der Waals surface area (Å²) in [5.74, 6) is -2.19. The Morgan fingerprint density at radius 3 is 2.80 bits per heavy atom. The lowest BCUT2D eigenvalue weighted by Gasteiger charge is -2.34. The van der Waals surface area contributed by atoms with Gasteiger partial charge in [0.15, 0.2) is 0 Å². The molecule has 6 heteroatoms. The molecule has 0 saturated heterocycles. The SMILES string of the molecule is O=C(c1ccc(F)cc1F)N1Cc2[nH]c3ccccc3c2CC1CO. The van der Waals surface area contributed by atoms with Crippen molar-refractivity contribution in [3.05, 3.63) is 70.9 Å². The lowest BCUT2D eigenvalue weighted by atomic mass is 9.96. The zero-order chi connectivity index (χ0) is 17.6. The number of halogens is 2. The van der Waals surface area contributed by atoms with Gasteiger partial charge in [0, 0.05) is 22.7 Å². The van der Waals surface area contributed by atoms with E-state index in [0.29, 0.717) is 12.5 Å². The van der Waals surface area contributed by atoms with Crippen LogP contribution in [0.15, 0.2) is 42.5 Å². The third-order valence-electron chi connectivity index (χ3n) is 4.74. The molecule has 1 aliphatic rings. The Labute approximate surface area is 142 Å². The van der Waals surface area contributed by atoms with Crippen LogP contribution in [0.3, 0.4) is 0 Å². The molecule has 4 rings (SSSR count). The number of hydrogen-bond donors (Lipinski definition) is 2. The fourth-order valence-electron chi connectivity index (χ4n) is 3.49. The molecule has 0 aliphatic carbocycles. The van der Waals surface area contributed by atoms with E-state index < -0.39 is 23.6 Å². The Balaban J connectivity index is 1.73. The Bertz CT molecular complexity index is 967. The summed E-state index contributed by atoms with van der Waals surface area (Å²) in [5.41, 5.74) is 2.71. The number of rotatable bonds is 2. The van der Waals surface area contributed by atoms with Crippen LogP contribution >= 0.6 is 0 Å². The smallest absolute Gasteiger partial charge is 0.257 e. The van der Waals surface area contributed by atoms with E-state index in [9.17, 15) is 18.7 Å². The van der Waals surface area contributed by atoms with E-state index in [0.717, 1.165) is 34.3 Å². The number of aromatic amines is 1. The molecule has 3 aromatic rings. The third-order valence-corrected chi connectivity index (χ3v) is 4.74. The van der Waals surface area contributed by atoms with E-state index in [1.165, 1.54) is 4.90 Å². The quantitative estimate of drug-likeness (QED) is 0.752. The van der Waals surface area contributed by atoms with Gasteiger partial charge in [-0.05, 0) is 30.2 Å². The maximum Gasteiger partial charge on any atom is 0.257 e. The second-order valence-corrected chi connectivity index (χ2v) is 6.23. The number of aliphatic hydroxyl groups excluding tert-OH is 1. The summed E-state index contributed by atoms with van der Waals surface area (Å²) in [6.45, 7) is 0.0123. The van der Waals surface area contributed by atoms with Crippen LogP contribution in [0.4, 0.5) is 8.78 Å². The van der Waals surface area contributed by atoms with Crippen LogP contribution in [0.1, 0.15) is 21.6 Å². The number of para-hydroxylation sites is 1. The first-order valence-electron chi connectivity index (χ1n) is 8.04. The van der Waals surface area contributed by atoms with E-state index >= 15 is 0 Å². The summed E-state index contributed by atoms with van der Waals surface area (Å²) in [6, 6.07) is 10.2. The lowest BCUT2D eigenvalue weighted by molar-refractivity contribution is 0.0537. The van der Waals surface area contributed by atoms with E-state index in [1.807, 2.05) is 24.3 Å². The summed E-state index contributed by atoms with van der Waals surface area (Å²) < 4.78 is 27.1. The van der Waals surface area contributed by atoms with Crippen molar-refractivity contribution in [3.63, 3.8) is 0 Å². The molecule has 1 aromatic heterocycles. The highest BCUT2D eigenvalue weighted by Gasteiger charge is 2.33. The number of amides is 1. The minimum atomic E-state index is -0.899. The second-order valence-electron chi connectivity index (χ2n) is 6.23. The van der Waals surface area contributed by atoms with E-state index in [-0.39, 0.29) is 18.7 Å². The van der Waals surface area contributed by atoms with Crippen LogP contribution in [0.25, 0.3) is 10.9 Å². The first kappa shape index (κ1) is 15.8. The van der Waals surface area contributed by atoms with Crippen LogP contribution < -0.4 is 0 Å². The number of nitrogens with zero attached hydrogens (tertiary/aromatic N) is 1. The molecule has 128 valence electrons. The van der Waals surface area contributed by atoms with Gasteiger partial charge in [-0.2, -0.15) is 0 Å². The third kappa shape index (κ3) is 2.59. The Hall–Kier alpha value is -2.73. The van der Waals surface area contributed by atoms with Gasteiger partial charge < -0.3 is 15.0 Å². The van der Waals surface area contributed by atoms with Gasteiger partial charge in [-0.25, -0.2) is 8.78 Å². The Morgan fingerprint density at radius 2 is 2.04 bits per heavy atom. The van der Waals surface area contributed by atoms with Crippen molar-refractivity contribution in [2.45, 2.75) is 19.0 Å². The minimum absolute atomic E-state index is 0.195. The number of hydrogen-bond acceptors (Lipinski definition) is 2. The lowest BCUT2D eigenvalue weighted by Crippen LogP contribution is -2.46. The standard InChI is InChI=1S/C19H16F2N2O2/c20-11-5-6-14(16(21)7-11)19(25)23-9-18-15(8-12(23)10-24)13-3-1-2-4-17(13)22-18/h1-7,12,22,24H,8-10H2. The van der Waals surface area contributed by atoms with Gasteiger partial charge in [-0.1, -0.05) is 18.2 Å². The number of carbonyl (C=O) groups excluding carboxylic acids is 1. The van der Waals surface area contributed by atoms with Crippen molar-refractivity contribution in [3.8, 4) is 0 Å². The number of fused-ring (bicyclic) bond motifs is 3. The monoisotopic (exact) mass is 342 g/mol. The van der Waals surface area contributed by atoms with Gasteiger partial charge in [-0.15, -0.1) is 0 Å². The van der Waals surface area contributed by atoms with Crippen LogP contribution in [0.2, 0.25) is 0 Å². The zero-order valence-corrected chi connectivity index (χ0v) is 13.3. The molecule has 2 N–H and O–H groups in total. The second kappa shape index (κ2) is 5.97. The van der Waals surface area contributed by atoms with Crippen molar-refractivity contribution in [2.24, 2.45) is 0 Å². The molecule has 2 heterocycles. The van der Waals surface area contributed by atoms with Gasteiger partial charge in [0.1, 0.15) is 11.6 Å². The van der Waals surface area contributed by atoms with Gasteiger partial charge in [-0.3, -0.25) is 4.79 Å². The predicted octanol–water partition coefficient (Wildman–Crippen LogP) is 3.01. The number of aliphatic hydroxyl groups is 1. The zero-order valence-electron chi connectivity index (χ0n) is 13.3. The predicted molar refractivity (Wildman–Crippen MR) is 89.1 cm³/mol. The van der Waals surface area contributed by atoms with Crippen LogP contribution in [-0.4, -0.2) is 33.5 Å². The molecule has 2 aromatic carbocycles. The van der Waals surface area contributed by atoms with Gasteiger partial charge in [0.2, 0.25) is 0 Å². The first-order valence-corrected chi connectivity index (χ1v) is 8.04. The number of nitrogens with one attached hydrogen (secondary N) is 1. The number of H-pyrrole nitrogens is 1. The van der Waals surface area contributed by atoms with Crippen molar-refractivity contribution < 1.29 is 18.7 Å². The maximum absolute atomic E-state index is 14.0. The highest BCUT2D eigenvalue weighted by molar-refractivity contribution is 5.95. The molecule has 1 amide bonds. The summed E-state index contributed by atoms with van der Waals surface area (Å²) in [4.78, 5) is 17.5. The molecule has 4 nitrogen and oxygen atoms in total. The summed E-state index contributed by atoms with van der Waals surface area (Å²) in [7, 11) is 0. The van der Waals surface area contributed by atoms with Crippen molar-refractivity contribution in [2.75, 3.05) is 6.61 Å².